The van der Waals surface area contributed by atoms with Crippen LogP contribution in [0.5, 0.6) is 0 Å². The third-order valence-electron chi connectivity index (χ3n) is 3.07. The van der Waals surface area contributed by atoms with Gasteiger partial charge in [-0.1, -0.05) is 31.5 Å². The molecule has 4 heteroatoms. The molecule has 1 N–H and O–H groups in total. The van der Waals surface area contributed by atoms with E-state index in [1.165, 1.54) is 16.7 Å². The van der Waals surface area contributed by atoms with E-state index in [9.17, 15) is 0 Å². The number of aromatic nitrogens is 2. The summed E-state index contributed by atoms with van der Waals surface area (Å²) in [5.41, 5.74) is 4.61. The fourth-order valence-electron chi connectivity index (χ4n) is 2.15. The van der Waals surface area contributed by atoms with Gasteiger partial charge in [-0.15, -0.1) is 0 Å². The van der Waals surface area contributed by atoms with E-state index in [2.05, 4.69) is 36.5 Å². The van der Waals surface area contributed by atoms with E-state index in [-0.39, 0.29) is 0 Å². The SMILES string of the molecule is Cc1nn(C)cc1-c1ccc(Cl)cc1CNC(C)C. The zero-order chi connectivity index (χ0) is 14.0. The van der Waals surface area contributed by atoms with Crippen LogP contribution in [-0.4, -0.2) is 15.8 Å². The van der Waals surface area contributed by atoms with Gasteiger partial charge in [0.25, 0.3) is 0 Å². The number of nitrogens with zero attached hydrogens (tertiary/aromatic N) is 2. The summed E-state index contributed by atoms with van der Waals surface area (Å²) in [5.74, 6) is 0. The Hall–Kier alpha value is -1.32. The summed E-state index contributed by atoms with van der Waals surface area (Å²) in [6.07, 6.45) is 2.05. The first-order chi connectivity index (χ1) is 8.97. The van der Waals surface area contributed by atoms with Crippen LogP contribution in [0.1, 0.15) is 25.1 Å². The molecule has 0 saturated carbocycles. The van der Waals surface area contributed by atoms with Crippen molar-refractivity contribution in [3.63, 3.8) is 0 Å². The zero-order valence-electron chi connectivity index (χ0n) is 11.9. The molecule has 0 amide bonds. The van der Waals surface area contributed by atoms with Crippen LogP contribution in [0.2, 0.25) is 5.02 Å². The molecule has 1 heterocycles. The van der Waals surface area contributed by atoms with E-state index >= 15 is 0 Å². The molecule has 0 saturated heterocycles. The van der Waals surface area contributed by atoms with Crippen LogP contribution in [0.15, 0.2) is 24.4 Å². The Morgan fingerprint density at radius 2 is 2.05 bits per heavy atom. The van der Waals surface area contributed by atoms with E-state index < -0.39 is 0 Å². The van der Waals surface area contributed by atoms with E-state index in [1.807, 2.05) is 30.8 Å². The molecule has 0 bridgehead atoms. The molecule has 0 atom stereocenters. The van der Waals surface area contributed by atoms with Gasteiger partial charge in [-0.2, -0.15) is 5.10 Å². The molecule has 102 valence electrons. The Labute approximate surface area is 119 Å². The van der Waals surface area contributed by atoms with Gasteiger partial charge in [0.05, 0.1) is 5.69 Å². The smallest absolute Gasteiger partial charge is 0.0672 e. The molecule has 1 aromatic heterocycles. The zero-order valence-corrected chi connectivity index (χ0v) is 12.6. The predicted octanol–water partition coefficient (Wildman–Crippen LogP) is 3.55. The third kappa shape index (κ3) is 3.37. The Morgan fingerprint density at radius 3 is 2.63 bits per heavy atom. The molecule has 0 radical (unpaired) electrons. The molecule has 0 aliphatic carbocycles. The maximum Gasteiger partial charge on any atom is 0.0672 e. The number of halogens is 1. The Balaban J connectivity index is 2.41. The summed E-state index contributed by atoms with van der Waals surface area (Å²) in [6.45, 7) is 7.12. The van der Waals surface area contributed by atoms with Crippen molar-refractivity contribution >= 4 is 11.6 Å². The summed E-state index contributed by atoms with van der Waals surface area (Å²) in [7, 11) is 1.94. The summed E-state index contributed by atoms with van der Waals surface area (Å²) >= 11 is 6.12. The predicted molar refractivity (Wildman–Crippen MR) is 80.4 cm³/mol. The minimum Gasteiger partial charge on any atom is -0.310 e. The molecule has 0 spiro atoms. The van der Waals surface area contributed by atoms with Gasteiger partial charge in [0, 0.05) is 36.4 Å². The number of rotatable bonds is 4. The Morgan fingerprint density at radius 1 is 1.32 bits per heavy atom. The van der Waals surface area contributed by atoms with E-state index in [0.29, 0.717) is 6.04 Å². The minimum atomic E-state index is 0.446. The second-order valence-corrected chi connectivity index (χ2v) is 5.58. The lowest BCUT2D eigenvalue weighted by molar-refractivity contribution is 0.589. The van der Waals surface area contributed by atoms with Gasteiger partial charge in [-0.05, 0) is 30.2 Å². The minimum absolute atomic E-state index is 0.446. The fourth-order valence-corrected chi connectivity index (χ4v) is 2.34. The average Bonchev–Trinajstić information content (AvgIpc) is 2.66. The lowest BCUT2D eigenvalue weighted by Gasteiger charge is -2.13. The molecule has 2 rings (SSSR count). The monoisotopic (exact) mass is 277 g/mol. The van der Waals surface area contributed by atoms with Crippen molar-refractivity contribution in [2.75, 3.05) is 0 Å². The number of aryl methyl sites for hydroxylation is 2. The molecule has 2 aromatic rings. The molecular formula is C15H20ClN3. The van der Waals surface area contributed by atoms with Crippen LogP contribution >= 0.6 is 11.6 Å². The number of nitrogens with one attached hydrogen (secondary N) is 1. The van der Waals surface area contributed by atoms with Crippen molar-refractivity contribution in [1.82, 2.24) is 15.1 Å². The summed E-state index contributed by atoms with van der Waals surface area (Å²) in [5, 5.41) is 8.62. The first kappa shape index (κ1) is 14.1. The van der Waals surface area contributed by atoms with Gasteiger partial charge in [0.2, 0.25) is 0 Å². The standard InChI is InChI=1S/C15H20ClN3/c1-10(2)17-8-12-7-13(16)5-6-14(12)15-9-19(4)18-11(15)3/h5-7,9-10,17H,8H2,1-4H3. The van der Waals surface area contributed by atoms with Crippen LogP contribution in [0.25, 0.3) is 11.1 Å². The normalized spacial score (nSPS) is 11.3. The highest BCUT2D eigenvalue weighted by Crippen LogP contribution is 2.28. The van der Waals surface area contributed by atoms with Gasteiger partial charge in [-0.25, -0.2) is 0 Å². The first-order valence-electron chi connectivity index (χ1n) is 6.50. The van der Waals surface area contributed by atoms with Gasteiger partial charge >= 0.3 is 0 Å². The largest absolute Gasteiger partial charge is 0.310 e. The second-order valence-electron chi connectivity index (χ2n) is 5.14. The van der Waals surface area contributed by atoms with Crippen molar-refractivity contribution in [3.8, 4) is 11.1 Å². The first-order valence-corrected chi connectivity index (χ1v) is 6.87. The highest BCUT2D eigenvalue weighted by molar-refractivity contribution is 6.30. The highest BCUT2D eigenvalue weighted by Gasteiger charge is 2.11. The maximum absolute atomic E-state index is 6.12. The van der Waals surface area contributed by atoms with Crippen LogP contribution in [0.4, 0.5) is 0 Å². The van der Waals surface area contributed by atoms with Crippen LogP contribution in [0, 0.1) is 6.92 Å². The molecule has 0 unspecified atom stereocenters. The summed E-state index contributed by atoms with van der Waals surface area (Å²) in [4.78, 5) is 0. The molecule has 0 aliphatic heterocycles. The Bertz CT molecular complexity index is 573. The van der Waals surface area contributed by atoms with Crippen molar-refractivity contribution in [2.24, 2.45) is 7.05 Å². The topological polar surface area (TPSA) is 29.9 Å². The maximum atomic E-state index is 6.12. The average molecular weight is 278 g/mol. The van der Waals surface area contributed by atoms with E-state index in [1.54, 1.807) is 0 Å². The van der Waals surface area contributed by atoms with E-state index in [0.717, 1.165) is 17.3 Å². The van der Waals surface area contributed by atoms with Crippen molar-refractivity contribution < 1.29 is 0 Å². The van der Waals surface area contributed by atoms with E-state index in [4.69, 9.17) is 11.6 Å². The molecular weight excluding hydrogens is 258 g/mol. The van der Waals surface area contributed by atoms with Crippen molar-refractivity contribution in [2.45, 2.75) is 33.4 Å². The number of hydrogen-bond donors (Lipinski definition) is 1. The van der Waals surface area contributed by atoms with Gasteiger partial charge < -0.3 is 5.32 Å². The molecule has 0 fully saturated rings. The van der Waals surface area contributed by atoms with Crippen molar-refractivity contribution in [1.29, 1.82) is 0 Å². The molecule has 1 aromatic carbocycles. The van der Waals surface area contributed by atoms with Crippen LogP contribution < -0.4 is 5.32 Å². The van der Waals surface area contributed by atoms with Crippen molar-refractivity contribution in [3.05, 3.63) is 40.7 Å². The molecule has 3 nitrogen and oxygen atoms in total. The van der Waals surface area contributed by atoms with Gasteiger partial charge in [0.1, 0.15) is 0 Å². The molecule has 19 heavy (non-hydrogen) atoms. The highest BCUT2D eigenvalue weighted by atomic mass is 35.5. The molecule has 0 aliphatic rings. The lowest BCUT2D eigenvalue weighted by Crippen LogP contribution is -2.22. The van der Waals surface area contributed by atoms with Crippen LogP contribution in [-0.2, 0) is 13.6 Å². The third-order valence-corrected chi connectivity index (χ3v) is 3.31. The Kier molecular flexibility index (Phi) is 4.27. The fraction of sp³-hybridized carbons (Fsp3) is 0.400. The van der Waals surface area contributed by atoms with Crippen LogP contribution in [0.3, 0.4) is 0 Å². The van der Waals surface area contributed by atoms with Gasteiger partial charge in [0.15, 0.2) is 0 Å². The lowest BCUT2D eigenvalue weighted by atomic mass is 10.00. The summed E-state index contributed by atoms with van der Waals surface area (Å²) < 4.78 is 1.85. The van der Waals surface area contributed by atoms with Gasteiger partial charge in [-0.3, -0.25) is 4.68 Å². The number of benzene rings is 1. The summed E-state index contributed by atoms with van der Waals surface area (Å²) in [6, 6.07) is 6.48. The second kappa shape index (κ2) is 5.76. The quantitative estimate of drug-likeness (QED) is 0.926. The number of hydrogen-bond acceptors (Lipinski definition) is 2.